The lowest BCUT2D eigenvalue weighted by Crippen LogP contribution is -2.30. The molecule has 0 radical (unpaired) electrons. The molecule has 1 aromatic carbocycles. The van der Waals surface area contributed by atoms with Gasteiger partial charge >= 0.3 is 11.9 Å². The van der Waals surface area contributed by atoms with Gasteiger partial charge in [-0.25, -0.2) is 4.79 Å². The smallest absolute Gasteiger partial charge is 0.341 e. The molecule has 0 saturated carbocycles. The summed E-state index contributed by atoms with van der Waals surface area (Å²) in [7, 11) is 0. The molecule has 1 amide bonds. The molecule has 0 aromatic heterocycles. The van der Waals surface area contributed by atoms with Crippen molar-refractivity contribution in [2.75, 3.05) is 13.2 Å². The predicted octanol–water partition coefficient (Wildman–Crippen LogP) is 1.83. The highest BCUT2D eigenvalue weighted by Gasteiger charge is 2.32. The Kier molecular flexibility index (Phi) is 5.93. The zero-order valence-corrected chi connectivity index (χ0v) is 13.9. The van der Waals surface area contributed by atoms with E-state index in [2.05, 4.69) is 0 Å². The number of hydrogen-bond acceptors (Lipinski definition) is 6. The number of hydrogen-bond donors (Lipinski definition) is 2. The van der Waals surface area contributed by atoms with Crippen molar-refractivity contribution in [2.45, 2.75) is 6.42 Å². The van der Waals surface area contributed by atoms with E-state index in [1.54, 1.807) is 30.3 Å². The number of ether oxygens (including phenoxy) is 1. The number of carbonyl (C=O) groups is 3. The first-order valence-corrected chi connectivity index (χ1v) is 8.01. The maximum atomic E-state index is 12.3. The third-order valence-electron chi connectivity index (χ3n) is 2.98. The van der Waals surface area contributed by atoms with Crippen LogP contribution in [-0.2, 0) is 14.4 Å². The van der Waals surface area contributed by atoms with Gasteiger partial charge in [0.1, 0.15) is 10.1 Å². The van der Waals surface area contributed by atoms with Crippen molar-refractivity contribution in [1.29, 1.82) is 0 Å². The van der Waals surface area contributed by atoms with Gasteiger partial charge in [-0.05, 0) is 12.1 Å². The van der Waals surface area contributed by atoms with Crippen LogP contribution in [0.25, 0.3) is 6.08 Å². The molecule has 7 nitrogen and oxygen atoms in total. The van der Waals surface area contributed by atoms with Crippen LogP contribution in [-0.4, -0.2) is 50.4 Å². The van der Waals surface area contributed by atoms with E-state index in [1.807, 2.05) is 0 Å². The number of rotatable bonds is 7. The molecular weight excluding hydrogens is 354 g/mol. The SMILES string of the molecule is O=C(O)CCN1C(=O)C(=Cc2ccccc2OCC(=O)O)SC1=S. The average Bonchev–Trinajstić information content (AvgIpc) is 2.78. The van der Waals surface area contributed by atoms with Gasteiger partial charge < -0.3 is 14.9 Å². The monoisotopic (exact) mass is 367 g/mol. The molecule has 2 N–H and O–H groups in total. The van der Waals surface area contributed by atoms with Crippen LogP contribution in [0.5, 0.6) is 5.75 Å². The molecule has 126 valence electrons. The van der Waals surface area contributed by atoms with Crippen LogP contribution in [0.2, 0.25) is 0 Å². The second kappa shape index (κ2) is 7.93. The maximum absolute atomic E-state index is 12.3. The molecule has 0 unspecified atom stereocenters. The Hall–Kier alpha value is -2.39. The number of para-hydroxylation sites is 1. The van der Waals surface area contributed by atoms with E-state index in [4.69, 9.17) is 27.2 Å². The zero-order valence-electron chi connectivity index (χ0n) is 12.3. The lowest BCUT2D eigenvalue weighted by molar-refractivity contribution is -0.139. The normalized spacial score (nSPS) is 15.8. The minimum atomic E-state index is -1.11. The van der Waals surface area contributed by atoms with E-state index in [0.717, 1.165) is 11.8 Å². The van der Waals surface area contributed by atoms with Gasteiger partial charge in [0.2, 0.25) is 0 Å². The summed E-state index contributed by atoms with van der Waals surface area (Å²) in [4.78, 5) is 35.2. The second-order valence-electron chi connectivity index (χ2n) is 4.70. The zero-order chi connectivity index (χ0) is 17.7. The highest BCUT2D eigenvalue weighted by Crippen LogP contribution is 2.34. The Balaban J connectivity index is 2.19. The highest BCUT2D eigenvalue weighted by molar-refractivity contribution is 8.26. The first-order valence-electron chi connectivity index (χ1n) is 6.79. The fraction of sp³-hybridized carbons (Fsp3) is 0.200. The Labute approximate surface area is 146 Å². The minimum Gasteiger partial charge on any atom is -0.481 e. The summed E-state index contributed by atoms with van der Waals surface area (Å²) in [5, 5.41) is 17.4. The Morgan fingerprint density at radius 1 is 1.25 bits per heavy atom. The number of benzene rings is 1. The Bertz CT molecular complexity index is 730. The quantitative estimate of drug-likeness (QED) is 0.556. The van der Waals surface area contributed by atoms with Gasteiger partial charge in [-0.2, -0.15) is 0 Å². The van der Waals surface area contributed by atoms with Crippen LogP contribution in [0.4, 0.5) is 0 Å². The van der Waals surface area contributed by atoms with Crippen molar-refractivity contribution in [1.82, 2.24) is 4.90 Å². The third kappa shape index (κ3) is 4.56. The van der Waals surface area contributed by atoms with Gasteiger partial charge in [0.25, 0.3) is 5.91 Å². The summed E-state index contributed by atoms with van der Waals surface area (Å²) in [6, 6.07) is 6.69. The Morgan fingerprint density at radius 2 is 1.96 bits per heavy atom. The standard InChI is InChI=1S/C15H13NO6S2/c17-12(18)5-6-16-14(21)11(24-15(16)23)7-9-3-1-2-4-10(9)22-8-13(19)20/h1-4,7H,5-6,8H2,(H,17,18)(H,19,20). The number of carboxylic acid groups (broad SMARTS) is 2. The summed E-state index contributed by atoms with van der Waals surface area (Å²) >= 11 is 6.17. The lowest BCUT2D eigenvalue weighted by atomic mass is 10.2. The third-order valence-corrected chi connectivity index (χ3v) is 4.36. The van der Waals surface area contributed by atoms with Gasteiger partial charge in [0, 0.05) is 12.1 Å². The summed E-state index contributed by atoms with van der Waals surface area (Å²) in [6.07, 6.45) is 1.36. The molecule has 0 atom stereocenters. The number of thiocarbonyl (C=S) groups is 1. The molecule has 1 heterocycles. The highest BCUT2D eigenvalue weighted by atomic mass is 32.2. The summed E-state index contributed by atoms with van der Waals surface area (Å²) in [6.45, 7) is -0.487. The van der Waals surface area contributed by atoms with Crippen molar-refractivity contribution in [2.24, 2.45) is 0 Å². The fourth-order valence-electron chi connectivity index (χ4n) is 1.91. The molecule has 0 spiro atoms. The molecule has 1 aromatic rings. The van der Waals surface area contributed by atoms with E-state index in [0.29, 0.717) is 16.2 Å². The molecule has 0 aliphatic carbocycles. The topological polar surface area (TPSA) is 104 Å². The molecule has 1 aliphatic heterocycles. The minimum absolute atomic E-state index is 0.00843. The number of carbonyl (C=O) groups excluding carboxylic acids is 1. The number of thioether (sulfide) groups is 1. The Morgan fingerprint density at radius 3 is 2.62 bits per heavy atom. The summed E-state index contributed by atoms with van der Waals surface area (Å²) < 4.78 is 5.48. The van der Waals surface area contributed by atoms with Crippen LogP contribution < -0.4 is 4.74 Å². The van der Waals surface area contributed by atoms with Crippen LogP contribution >= 0.6 is 24.0 Å². The molecule has 1 fully saturated rings. The van der Waals surface area contributed by atoms with E-state index in [-0.39, 0.29) is 23.2 Å². The van der Waals surface area contributed by atoms with Crippen LogP contribution in [0.1, 0.15) is 12.0 Å². The molecular formula is C15H13NO6S2. The van der Waals surface area contributed by atoms with Crippen LogP contribution in [0.15, 0.2) is 29.2 Å². The van der Waals surface area contributed by atoms with Crippen molar-refractivity contribution in [3.05, 3.63) is 34.7 Å². The predicted molar refractivity (Wildman–Crippen MR) is 91.7 cm³/mol. The average molecular weight is 367 g/mol. The van der Waals surface area contributed by atoms with E-state index in [1.165, 1.54) is 4.90 Å². The molecule has 1 aliphatic rings. The van der Waals surface area contributed by atoms with Crippen molar-refractivity contribution in [3.63, 3.8) is 0 Å². The van der Waals surface area contributed by atoms with Crippen molar-refractivity contribution in [3.8, 4) is 5.75 Å². The molecule has 2 rings (SSSR count). The second-order valence-corrected chi connectivity index (χ2v) is 6.37. The van der Waals surface area contributed by atoms with E-state index >= 15 is 0 Å². The number of aliphatic carboxylic acids is 2. The van der Waals surface area contributed by atoms with Crippen molar-refractivity contribution >= 4 is 52.2 Å². The van der Waals surface area contributed by atoms with Gasteiger partial charge in [0.05, 0.1) is 11.3 Å². The molecule has 9 heteroatoms. The van der Waals surface area contributed by atoms with Gasteiger partial charge in [-0.15, -0.1) is 0 Å². The summed E-state index contributed by atoms with van der Waals surface area (Å²) in [5.41, 5.74) is 0.539. The van der Waals surface area contributed by atoms with Gasteiger partial charge in [-0.1, -0.05) is 42.2 Å². The van der Waals surface area contributed by atoms with Gasteiger partial charge in [-0.3, -0.25) is 14.5 Å². The lowest BCUT2D eigenvalue weighted by Gasteiger charge is -2.12. The van der Waals surface area contributed by atoms with Crippen molar-refractivity contribution < 1.29 is 29.3 Å². The number of carboxylic acids is 2. The molecule has 1 saturated heterocycles. The summed E-state index contributed by atoms with van der Waals surface area (Å²) in [5.74, 6) is -2.17. The number of nitrogens with zero attached hydrogens (tertiary/aromatic N) is 1. The first-order chi connectivity index (χ1) is 11.4. The van der Waals surface area contributed by atoms with E-state index < -0.39 is 18.5 Å². The number of amides is 1. The first kappa shape index (κ1) is 18.0. The van der Waals surface area contributed by atoms with Crippen LogP contribution in [0.3, 0.4) is 0 Å². The largest absolute Gasteiger partial charge is 0.481 e. The van der Waals surface area contributed by atoms with Gasteiger partial charge in [0.15, 0.2) is 6.61 Å². The fourth-order valence-corrected chi connectivity index (χ4v) is 3.21. The molecule has 0 bridgehead atoms. The van der Waals surface area contributed by atoms with E-state index in [9.17, 15) is 14.4 Å². The van der Waals surface area contributed by atoms with Crippen LogP contribution in [0, 0.1) is 0 Å². The maximum Gasteiger partial charge on any atom is 0.341 e. The molecule has 24 heavy (non-hydrogen) atoms.